The third kappa shape index (κ3) is 4.20. The topological polar surface area (TPSA) is 86.8 Å². The number of hydrogen-bond acceptors (Lipinski definition) is 4. The lowest BCUT2D eigenvalue weighted by atomic mass is 10.1. The van der Waals surface area contributed by atoms with Gasteiger partial charge in [-0.2, -0.15) is 4.90 Å². The predicted octanol–water partition coefficient (Wildman–Crippen LogP) is 3.23. The van der Waals surface area contributed by atoms with Crippen molar-refractivity contribution in [3.05, 3.63) is 102 Å². The fraction of sp³-hybridized carbons (Fsp3) is 0.0833. The van der Waals surface area contributed by atoms with Gasteiger partial charge in [-0.05, 0) is 42.0 Å². The number of imide groups is 3. The number of rotatable bonds is 5. The van der Waals surface area contributed by atoms with E-state index < -0.39 is 17.8 Å². The average Bonchev–Trinajstić information content (AvgIpc) is 3.12. The fourth-order valence-electron chi connectivity index (χ4n) is 3.29. The van der Waals surface area contributed by atoms with Crippen LogP contribution in [-0.4, -0.2) is 35.2 Å². The van der Waals surface area contributed by atoms with Gasteiger partial charge in [-0.3, -0.25) is 19.3 Å². The van der Waals surface area contributed by atoms with Crippen molar-refractivity contribution < 1.29 is 19.2 Å². The van der Waals surface area contributed by atoms with Gasteiger partial charge in [0.2, 0.25) is 0 Å². The van der Waals surface area contributed by atoms with Crippen LogP contribution < -0.4 is 10.2 Å². The van der Waals surface area contributed by atoms with Crippen LogP contribution in [0.1, 0.15) is 26.3 Å². The van der Waals surface area contributed by atoms with Gasteiger partial charge in [-0.25, -0.2) is 4.79 Å². The molecule has 0 atom stereocenters. The second kappa shape index (κ2) is 8.62. The van der Waals surface area contributed by atoms with Gasteiger partial charge in [0.1, 0.15) is 6.54 Å². The number of nitrogens with one attached hydrogen (secondary N) is 1. The largest absolute Gasteiger partial charge is 0.348 e. The number of urea groups is 1. The lowest BCUT2D eigenvalue weighted by Gasteiger charge is -2.16. The zero-order valence-corrected chi connectivity index (χ0v) is 16.5. The predicted molar refractivity (Wildman–Crippen MR) is 114 cm³/mol. The minimum atomic E-state index is -0.708. The first-order chi connectivity index (χ1) is 15.0. The summed E-state index contributed by atoms with van der Waals surface area (Å²) in [6, 6.07) is 23.3. The maximum absolute atomic E-state index is 12.7. The molecule has 1 saturated heterocycles. The van der Waals surface area contributed by atoms with Crippen LogP contribution in [-0.2, 0) is 11.3 Å². The average molecular weight is 413 g/mol. The van der Waals surface area contributed by atoms with Gasteiger partial charge in [0.25, 0.3) is 17.7 Å². The molecular weight excluding hydrogens is 394 g/mol. The number of anilines is 1. The quantitative estimate of drug-likeness (QED) is 0.514. The summed E-state index contributed by atoms with van der Waals surface area (Å²) in [7, 11) is 0. The molecule has 0 aliphatic carbocycles. The summed E-state index contributed by atoms with van der Waals surface area (Å²) in [6.07, 6.45) is 0. The summed E-state index contributed by atoms with van der Waals surface area (Å²) in [5, 5.41) is 2.83. The van der Waals surface area contributed by atoms with Crippen LogP contribution in [0.25, 0.3) is 0 Å². The van der Waals surface area contributed by atoms with Crippen molar-refractivity contribution in [1.29, 1.82) is 0 Å². The second-order valence-electron chi connectivity index (χ2n) is 6.98. The minimum Gasteiger partial charge on any atom is -0.348 e. The molecule has 154 valence electrons. The molecule has 3 aromatic rings. The van der Waals surface area contributed by atoms with Crippen molar-refractivity contribution in [1.82, 2.24) is 10.2 Å². The number of hydrogen-bond donors (Lipinski definition) is 1. The highest BCUT2D eigenvalue weighted by Crippen LogP contribution is 2.23. The lowest BCUT2D eigenvalue weighted by Crippen LogP contribution is -2.38. The van der Waals surface area contributed by atoms with Crippen molar-refractivity contribution in [2.45, 2.75) is 6.54 Å². The van der Waals surface area contributed by atoms with Crippen molar-refractivity contribution in [3.63, 3.8) is 0 Å². The molecular formula is C24H19N3O4. The van der Waals surface area contributed by atoms with Gasteiger partial charge < -0.3 is 5.32 Å². The van der Waals surface area contributed by atoms with Crippen LogP contribution in [0.5, 0.6) is 0 Å². The molecule has 3 aromatic carbocycles. The molecule has 7 nitrogen and oxygen atoms in total. The molecule has 0 spiro atoms. The molecule has 31 heavy (non-hydrogen) atoms. The highest BCUT2D eigenvalue weighted by Gasteiger charge is 2.41. The van der Waals surface area contributed by atoms with E-state index >= 15 is 0 Å². The summed E-state index contributed by atoms with van der Waals surface area (Å²) < 4.78 is 0. The summed E-state index contributed by atoms with van der Waals surface area (Å²) in [6.45, 7) is 0.161. The SMILES string of the molecule is O=C(NCc1ccccc1)c1ccc(N2CC(=O)N(C(=O)c3ccccc3)C2=O)cc1. The van der Waals surface area contributed by atoms with E-state index in [0.29, 0.717) is 22.7 Å². The summed E-state index contributed by atoms with van der Waals surface area (Å²) >= 11 is 0. The Kier molecular flexibility index (Phi) is 5.57. The molecule has 1 aliphatic heterocycles. The molecule has 1 aliphatic rings. The fourth-order valence-corrected chi connectivity index (χ4v) is 3.29. The van der Waals surface area contributed by atoms with E-state index in [4.69, 9.17) is 0 Å². The standard InChI is InChI=1S/C24H19N3O4/c28-21-16-26(24(31)27(21)23(30)19-9-5-2-6-10-19)20-13-11-18(12-14-20)22(29)25-15-17-7-3-1-4-8-17/h1-14H,15-16H2,(H,25,29). The molecule has 0 aromatic heterocycles. The smallest absolute Gasteiger partial charge is 0.338 e. The molecule has 0 bridgehead atoms. The maximum atomic E-state index is 12.7. The lowest BCUT2D eigenvalue weighted by molar-refractivity contribution is -0.123. The summed E-state index contributed by atoms with van der Waals surface area (Å²) in [4.78, 5) is 51.9. The molecule has 0 saturated carbocycles. The Morgan fingerprint density at radius 3 is 2.03 bits per heavy atom. The van der Waals surface area contributed by atoms with Crippen molar-refractivity contribution >= 4 is 29.4 Å². The van der Waals surface area contributed by atoms with Gasteiger partial charge in [-0.15, -0.1) is 0 Å². The van der Waals surface area contributed by atoms with Crippen LogP contribution in [0.4, 0.5) is 10.5 Å². The van der Waals surface area contributed by atoms with E-state index in [1.807, 2.05) is 30.3 Å². The molecule has 5 amide bonds. The Morgan fingerprint density at radius 1 is 0.774 bits per heavy atom. The number of amides is 5. The number of carbonyl (C=O) groups is 4. The third-order valence-electron chi connectivity index (χ3n) is 4.93. The van der Waals surface area contributed by atoms with E-state index in [9.17, 15) is 19.2 Å². The maximum Gasteiger partial charge on any atom is 0.338 e. The van der Waals surface area contributed by atoms with E-state index in [1.165, 1.54) is 4.90 Å². The highest BCUT2D eigenvalue weighted by molar-refractivity contribution is 6.24. The van der Waals surface area contributed by atoms with Crippen LogP contribution >= 0.6 is 0 Å². The first kappa shape index (κ1) is 20.0. The van der Waals surface area contributed by atoms with E-state index in [0.717, 1.165) is 5.56 Å². The van der Waals surface area contributed by atoms with Crippen LogP contribution in [0.3, 0.4) is 0 Å². The Balaban J connectivity index is 1.44. The normalized spacial score (nSPS) is 13.4. The van der Waals surface area contributed by atoms with Crippen molar-refractivity contribution in [2.75, 3.05) is 11.4 Å². The molecule has 0 unspecified atom stereocenters. The Labute approximate surface area is 178 Å². The van der Waals surface area contributed by atoms with Crippen molar-refractivity contribution in [3.8, 4) is 0 Å². The summed E-state index contributed by atoms with van der Waals surface area (Å²) in [5.41, 5.74) is 2.10. The number of benzene rings is 3. The van der Waals surface area contributed by atoms with Gasteiger partial charge >= 0.3 is 6.03 Å². The van der Waals surface area contributed by atoms with Crippen LogP contribution in [0, 0.1) is 0 Å². The second-order valence-corrected chi connectivity index (χ2v) is 6.98. The zero-order valence-electron chi connectivity index (χ0n) is 16.5. The molecule has 1 N–H and O–H groups in total. The van der Waals surface area contributed by atoms with E-state index in [-0.39, 0.29) is 18.0 Å². The highest BCUT2D eigenvalue weighted by atomic mass is 16.2. The monoisotopic (exact) mass is 413 g/mol. The first-order valence-corrected chi connectivity index (χ1v) is 9.70. The Hall–Kier alpha value is -4.26. The molecule has 1 fully saturated rings. The molecule has 0 radical (unpaired) electrons. The van der Waals surface area contributed by atoms with E-state index in [1.54, 1.807) is 54.6 Å². The molecule has 7 heteroatoms. The van der Waals surface area contributed by atoms with Gasteiger partial charge in [0, 0.05) is 23.4 Å². The molecule has 1 heterocycles. The Morgan fingerprint density at radius 2 is 1.39 bits per heavy atom. The van der Waals surface area contributed by atoms with Gasteiger partial charge in [0.05, 0.1) is 0 Å². The summed E-state index contributed by atoms with van der Waals surface area (Å²) in [5.74, 6) is -1.50. The van der Waals surface area contributed by atoms with Gasteiger partial charge in [0.15, 0.2) is 0 Å². The number of carbonyl (C=O) groups excluding carboxylic acids is 4. The third-order valence-corrected chi connectivity index (χ3v) is 4.93. The minimum absolute atomic E-state index is 0.239. The van der Waals surface area contributed by atoms with Crippen LogP contribution in [0.15, 0.2) is 84.9 Å². The van der Waals surface area contributed by atoms with Gasteiger partial charge in [-0.1, -0.05) is 48.5 Å². The first-order valence-electron chi connectivity index (χ1n) is 9.70. The number of nitrogens with zero attached hydrogens (tertiary/aromatic N) is 2. The zero-order chi connectivity index (χ0) is 21.8. The Bertz CT molecular complexity index is 1130. The van der Waals surface area contributed by atoms with Crippen molar-refractivity contribution in [2.24, 2.45) is 0 Å². The van der Waals surface area contributed by atoms with E-state index in [2.05, 4.69) is 5.32 Å². The van der Waals surface area contributed by atoms with Crippen LogP contribution in [0.2, 0.25) is 0 Å². The molecule has 4 rings (SSSR count).